The van der Waals surface area contributed by atoms with Crippen LogP contribution in [0.2, 0.25) is 0 Å². The molecule has 2 aliphatic heterocycles. The lowest BCUT2D eigenvalue weighted by atomic mass is 9.81. The summed E-state index contributed by atoms with van der Waals surface area (Å²) in [6.45, 7) is 2.43. The van der Waals surface area contributed by atoms with Crippen LogP contribution in [0.15, 0.2) is 24.4 Å². The summed E-state index contributed by atoms with van der Waals surface area (Å²) in [7, 11) is 0. The average Bonchev–Trinajstić information content (AvgIpc) is 3.11. The molecule has 3 heterocycles. The van der Waals surface area contributed by atoms with E-state index in [-0.39, 0.29) is 28.1 Å². The van der Waals surface area contributed by atoms with E-state index in [1.165, 1.54) is 13.0 Å². The quantitative estimate of drug-likeness (QED) is 0.573. The molecular weight excluding hydrogens is 323 g/mol. The first-order valence-corrected chi connectivity index (χ1v) is 8.02. The molecule has 128 valence electrons. The van der Waals surface area contributed by atoms with Crippen LogP contribution >= 0.6 is 0 Å². The molecule has 1 atom stereocenters. The SMILES string of the molecule is CC(=O)c1c(N)ccc(-c2cnc3c(c2)C2(CNC(=O)C2)CN3)c1F. The van der Waals surface area contributed by atoms with E-state index < -0.39 is 11.6 Å². The Morgan fingerprint density at radius 1 is 1.32 bits per heavy atom. The van der Waals surface area contributed by atoms with Gasteiger partial charge in [-0.25, -0.2) is 9.37 Å². The van der Waals surface area contributed by atoms with Gasteiger partial charge in [-0.1, -0.05) is 0 Å². The average molecular weight is 340 g/mol. The molecule has 1 amide bonds. The lowest BCUT2D eigenvalue weighted by Crippen LogP contribution is -2.30. The molecule has 4 N–H and O–H groups in total. The number of nitrogens with two attached hydrogens (primary N) is 1. The summed E-state index contributed by atoms with van der Waals surface area (Å²) in [5.41, 5.74) is 7.11. The van der Waals surface area contributed by atoms with Gasteiger partial charge in [0.25, 0.3) is 0 Å². The summed E-state index contributed by atoms with van der Waals surface area (Å²) in [6.07, 6.45) is 1.94. The zero-order valence-corrected chi connectivity index (χ0v) is 13.6. The highest BCUT2D eigenvalue weighted by Crippen LogP contribution is 2.42. The Labute approximate surface area is 143 Å². The molecule has 0 aliphatic carbocycles. The smallest absolute Gasteiger partial charge is 0.221 e. The highest BCUT2D eigenvalue weighted by atomic mass is 19.1. The number of hydrogen-bond donors (Lipinski definition) is 3. The number of benzene rings is 1. The number of rotatable bonds is 2. The first-order chi connectivity index (χ1) is 11.9. The number of nitrogens with one attached hydrogen (secondary N) is 2. The number of carbonyl (C=O) groups is 2. The zero-order chi connectivity index (χ0) is 17.8. The largest absolute Gasteiger partial charge is 0.398 e. The summed E-state index contributed by atoms with van der Waals surface area (Å²) >= 11 is 0. The van der Waals surface area contributed by atoms with Crippen LogP contribution in [0.1, 0.15) is 29.3 Å². The predicted octanol–water partition coefficient (Wildman–Crippen LogP) is 1.86. The van der Waals surface area contributed by atoms with Crippen LogP contribution in [0.5, 0.6) is 0 Å². The minimum Gasteiger partial charge on any atom is -0.398 e. The third kappa shape index (κ3) is 2.26. The van der Waals surface area contributed by atoms with Crippen molar-refractivity contribution in [1.29, 1.82) is 0 Å². The minimum atomic E-state index is -0.644. The van der Waals surface area contributed by atoms with Crippen LogP contribution in [0.25, 0.3) is 11.1 Å². The summed E-state index contributed by atoms with van der Waals surface area (Å²) in [6, 6.07) is 4.92. The topological polar surface area (TPSA) is 97.1 Å². The van der Waals surface area contributed by atoms with Gasteiger partial charge in [-0.3, -0.25) is 9.59 Å². The second-order valence-electron chi connectivity index (χ2n) is 6.66. The van der Waals surface area contributed by atoms with E-state index in [2.05, 4.69) is 15.6 Å². The Bertz CT molecular complexity index is 928. The summed E-state index contributed by atoms with van der Waals surface area (Å²) in [5.74, 6) is -0.356. The van der Waals surface area contributed by atoms with Crippen molar-refractivity contribution in [3.05, 3.63) is 41.3 Å². The Morgan fingerprint density at radius 3 is 2.76 bits per heavy atom. The van der Waals surface area contributed by atoms with Crippen LogP contribution in [-0.4, -0.2) is 29.8 Å². The van der Waals surface area contributed by atoms with Crippen molar-refractivity contribution in [2.24, 2.45) is 0 Å². The number of halogens is 1. The second-order valence-corrected chi connectivity index (χ2v) is 6.66. The van der Waals surface area contributed by atoms with Crippen molar-refractivity contribution < 1.29 is 14.0 Å². The number of amides is 1. The molecule has 0 radical (unpaired) electrons. The first kappa shape index (κ1) is 15.6. The first-order valence-electron chi connectivity index (χ1n) is 8.02. The van der Waals surface area contributed by atoms with Gasteiger partial charge in [-0.15, -0.1) is 0 Å². The van der Waals surface area contributed by atoms with Gasteiger partial charge in [0, 0.05) is 53.5 Å². The van der Waals surface area contributed by atoms with Crippen molar-refractivity contribution in [1.82, 2.24) is 10.3 Å². The van der Waals surface area contributed by atoms with Crippen molar-refractivity contribution in [3.63, 3.8) is 0 Å². The standard InChI is InChI=1S/C18H17FN4O2/c1-9(24)15-13(20)3-2-11(16(15)19)10-4-12-17(21-6-10)23-8-18(12)5-14(25)22-7-18/h2-4,6H,5,7-8,20H2,1H3,(H,21,23)(H,22,25). The number of aromatic nitrogens is 1. The van der Waals surface area contributed by atoms with Gasteiger partial charge in [0.15, 0.2) is 5.78 Å². The number of hydrogen-bond acceptors (Lipinski definition) is 5. The maximum absolute atomic E-state index is 14.8. The predicted molar refractivity (Wildman–Crippen MR) is 91.8 cm³/mol. The lowest BCUT2D eigenvalue weighted by molar-refractivity contribution is -0.119. The lowest BCUT2D eigenvalue weighted by Gasteiger charge is -2.20. The van der Waals surface area contributed by atoms with Gasteiger partial charge in [-0.2, -0.15) is 0 Å². The molecule has 1 spiro atoms. The molecule has 2 aromatic rings. The molecule has 1 unspecified atom stereocenters. The number of ketones is 1. The number of Topliss-reactive ketones (excluding diaryl/α,β-unsaturated/α-hetero) is 1. The fourth-order valence-electron chi connectivity index (χ4n) is 3.69. The Balaban J connectivity index is 1.85. The molecule has 1 saturated heterocycles. The molecule has 2 aliphatic rings. The Morgan fingerprint density at radius 2 is 2.08 bits per heavy atom. The van der Waals surface area contributed by atoms with Crippen LogP contribution < -0.4 is 16.4 Å². The molecule has 6 nitrogen and oxygen atoms in total. The van der Waals surface area contributed by atoms with Gasteiger partial charge in [0.2, 0.25) is 5.91 Å². The van der Waals surface area contributed by atoms with Crippen molar-refractivity contribution in [3.8, 4) is 11.1 Å². The van der Waals surface area contributed by atoms with Gasteiger partial charge in [0.05, 0.1) is 5.56 Å². The zero-order valence-electron chi connectivity index (χ0n) is 13.6. The van der Waals surface area contributed by atoms with Crippen molar-refractivity contribution in [2.75, 3.05) is 24.1 Å². The van der Waals surface area contributed by atoms with E-state index >= 15 is 0 Å². The van der Waals surface area contributed by atoms with Gasteiger partial charge in [0.1, 0.15) is 11.6 Å². The molecule has 25 heavy (non-hydrogen) atoms. The maximum Gasteiger partial charge on any atom is 0.221 e. The molecule has 4 rings (SSSR count). The number of fused-ring (bicyclic) bond motifs is 2. The van der Waals surface area contributed by atoms with Crippen LogP contribution in [0, 0.1) is 5.82 Å². The monoisotopic (exact) mass is 340 g/mol. The normalized spacial score (nSPS) is 21.1. The fraction of sp³-hybridized carbons (Fsp3) is 0.278. The molecular formula is C18H17FN4O2. The molecule has 1 aromatic heterocycles. The molecule has 1 aromatic carbocycles. The molecule has 0 saturated carbocycles. The molecule has 0 bridgehead atoms. The van der Waals surface area contributed by atoms with Gasteiger partial charge in [-0.05, 0) is 25.1 Å². The minimum absolute atomic E-state index is 0.00224. The highest BCUT2D eigenvalue weighted by molar-refractivity contribution is 6.00. The number of nitrogen functional groups attached to an aromatic ring is 1. The van der Waals surface area contributed by atoms with E-state index in [1.807, 2.05) is 6.07 Å². The number of carbonyl (C=O) groups excluding carboxylic acids is 2. The Kier molecular flexibility index (Phi) is 3.28. The van der Waals surface area contributed by atoms with E-state index in [4.69, 9.17) is 5.73 Å². The fourth-order valence-corrected chi connectivity index (χ4v) is 3.69. The summed E-state index contributed by atoms with van der Waals surface area (Å²) < 4.78 is 14.8. The number of pyridine rings is 1. The second kappa shape index (κ2) is 5.27. The number of nitrogens with zero attached hydrogens (tertiary/aromatic N) is 1. The maximum atomic E-state index is 14.8. The highest BCUT2D eigenvalue weighted by Gasteiger charge is 2.45. The van der Waals surface area contributed by atoms with Crippen molar-refractivity contribution >= 4 is 23.2 Å². The summed E-state index contributed by atoms with van der Waals surface area (Å²) in [4.78, 5) is 27.8. The van der Waals surface area contributed by atoms with E-state index in [1.54, 1.807) is 12.3 Å². The van der Waals surface area contributed by atoms with Crippen molar-refractivity contribution in [2.45, 2.75) is 18.8 Å². The van der Waals surface area contributed by atoms with Gasteiger partial charge >= 0.3 is 0 Å². The van der Waals surface area contributed by atoms with Gasteiger partial charge < -0.3 is 16.4 Å². The van der Waals surface area contributed by atoms with E-state index in [9.17, 15) is 14.0 Å². The van der Waals surface area contributed by atoms with Crippen LogP contribution in [0.4, 0.5) is 15.9 Å². The molecule has 7 heteroatoms. The van der Waals surface area contributed by atoms with E-state index in [0.717, 1.165) is 5.56 Å². The van der Waals surface area contributed by atoms with Crippen LogP contribution in [0.3, 0.4) is 0 Å². The molecule has 1 fully saturated rings. The van der Waals surface area contributed by atoms with E-state index in [0.29, 0.717) is 30.9 Å². The summed E-state index contributed by atoms with van der Waals surface area (Å²) in [5, 5.41) is 6.07. The van der Waals surface area contributed by atoms with Crippen LogP contribution in [-0.2, 0) is 10.2 Å². The number of anilines is 2. The third-order valence-corrected chi connectivity index (χ3v) is 5.01. The third-order valence-electron chi connectivity index (χ3n) is 5.01. The Hall–Kier alpha value is -2.96.